The molecule has 5 heteroatoms. The van der Waals surface area contributed by atoms with Crippen LogP contribution in [-0.2, 0) is 4.79 Å². The van der Waals surface area contributed by atoms with Crippen molar-refractivity contribution in [2.75, 3.05) is 5.01 Å². The van der Waals surface area contributed by atoms with Gasteiger partial charge in [-0.2, -0.15) is 5.10 Å². The molecule has 1 aliphatic heterocycles. The van der Waals surface area contributed by atoms with Gasteiger partial charge in [0, 0.05) is 5.71 Å². The van der Waals surface area contributed by atoms with Crippen LogP contribution < -0.4 is 5.01 Å². The fourth-order valence-corrected chi connectivity index (χ4v) is 3.91. The van der Waals surface area contributed by atoms with Crippen LogP contribution in [0.25, 0.3) is 0 Å². The summed E-state index contributed by atoms with van der Waals surface area (Å²) in [6.07, 6.45) is 18.5. The number of aromatic carboxylic acids is 1. The van der Waals surface area contributed by atoms with E-state index in [-0.39, 0.29) is 11.5 Å². The average molecular weight is 415 g/mol. The molecule has 0 bridgehead atoms. The highest BCUT2D eigenvalue weighted by atomic mass is 16.4. The summed E-state index contributed by atoms with van der Waals surface area (Å²) in [6.45, 7) is 2.26. The molecule has 0 spiro atoms. The van der Waals surface area contributed by atoms with Crippen molar-refractivity contribution >= 4 is 23.3 Å². The van der Waals surface area contributed by atoms with Gasteiger partial charge in [0.25, 0.3) is 5.91 Å². The van der Waals surface area contributed by atoms with Crippen LogP contribution in [0.3, 0.4) is 0 Å². The largest absolute Gasteiger partial charge is 0.478 e. The normalized spacial score (nSPS) is 13.7. The Morgan fingerprint density at radius 2 is 1.37 bits per heavy atom. The standard InChI is InChI=1S/C25H38N2O3/c1-2-3-4-5-6-7-8-9-10-11-12-13-14-15-22-20-24(28)27(26-22)23-18-16-21(17-19-23)25(29)30/h16-19H,2-15,20H2,1H3,(H,29,30). The number of carboxylic acids is 1. The van der Waals surface area contributed by atoms with Gasteiger partial charge in [-0.3, -0.25) is 4.79 Å². The molecule has 1 N–H and O–H groups in total. The SMILES string of the molecule is CCCCCCCCCCCCCCCC1=NN(c2ccc(C(=O)O)cc2)C(=O)C1. The zero-order valence-corrected chi connectivity index (χ0v) is 18.6. The Balaban J connectivity index is 1.54. The van der Waals surface area contributed by atoms with Crippen molar-refractivity contribution in [3.8, 4) is 0 Å². The van der Waals surface area contributed by atoms with Gasteiger partial charge in [-0.25, -0.2) is 9.80 Å². The summed E-state index contributed by atoms with van der Waals surface area (Å²) in [6, 6.07) is 6.29. The first kappa shape index (κ1) is 24.1. The van der Waals surface area contributed by atoms with Gasteiger partial charge in [0.15, 0.2) is 0 Å². The molecule has 1 aromatic carbocycles. The first-order valence-corrected chi connectivity index (χ1v) is 11.8. The van der Waals surface area contributed by atoms with Gasteiger partial charge in [0.2, 0.25) is 0 Å². The molecule has 0 fully saturated rings. The maximum atomic E-state index is 12.2. The van der Waals surface area contributed by atoms with Crippen LogP contribution in [-0.4, -0.2) is 22.7 Å². The lowest BCUT2D eigenvalue weighted by molar-refractivity contribution is -0.116. The van der Waals surface area contributed by atoms with Crippen molar-refractivity contribution in [3.05, 3.63) is 29.8 Å². The monoisotopic (exact) mass is 414 g/mol. The van der Waals surface area contributed by atoms with Crippen molar-refractivity contribution in [1.29, 1.82) is 0 Å². The third-order valence-corrected chi connectivity index (χ3v) is 5.76. The van der Waals surface area contributed by atoms with Crippen LogP contribution in [0.1, 0.15) is 114 Å². The molecular weight excluding hydrogens is 376 g/mol. The Hall–Kier alpha value is -2.17. The van der Waals surface area contributed by atoms with E-state index < -0.39 is 5.97 Å². The lowest BCUT2D eigenvalue weighted by Gasteiger charge is -2.11. The summed E-state index contributed by atoms with van der Waals surface area (Å²) in [5.74, 6) is -1.01. The van der Waals surface area contributed by atoms with E-state index >= 15 is 0 Å². The number of amides is 1. The molecule has 0 saturated heterocycles. The van der Waals surface area contributed by atoms with E-state index in [0.717, 1.165) is 18.6 Å². The molecule has 2 rings (SSSR count). The number of nitrogens with zero attached hydrogens (tertiary/aromatic N) is 2. The second kappa shape index (κ2) is 13.9. The van der Waals surface area contributed by atoms with Crippen molar-refractivity contribution in [2.24, 2.45) is 5.10 Å². The van der Waals surface area contributed by atoms with Gasteiger partial charge in [-0.15, -0.1) is 0 Å². The molecule has 0 atom stereocenters. The van der Waals surface area contributed by atoms with E-state index in [1.807, 2.05) is 0 Å². The second-order valence-electron chi connectivity index (χ2n) is 8.39. The number of carbonyl (C=O) groups excluding carboxylic acids is 1. The van der Waals surface area contributed by atoms with E-state index in [1.54, 1.807) is 12.1 Å². The summed E-state index contributed by atoms with van der Waals surface area (Å²) in [4.78, 5) is 23.2. The molecule has 0 aliphatic carbocycles. The number of hydrogen-bond donors (Lipinski definition) is 1. The van der Waals surface area contributed by atoms with Gasteiger partial charge < -0.3 is 5.11 Å². The zero-order chi connectivity index (χ0) is 21.6. The number of rotatable bonds is 16. The fourth-order valence-electron chi connectivity index (χ4n) is 3.91. The zero-order valence-electron chi connectivity index (χ0n) is 18.6. The third-order valence-electron chi connectivity index (χ3n) is 5.76. The molecule has 1 amide bonds. The van der Waals surface area contributed by atoms with Crippen LogP contribution in [0.5, 0.6) is 0 Å². The summed E-state index contributed by atoms with van der Waals surface area (Å²) in [5, 5.41) is 14.8. The van der Waals surface area contributed by atoms with Crippen LogP contribution in [0.15, 0.2) is 29.4 Å². The molecule has 1 aromatic rings. The highest BCUT2D eigenvalue weighted by molar-refractivity contribution is 6.13. The molecule has 5 nitrogen and oxygen atoms in total. The Morgan fingerprint density at radius 3 is 1.87 bits per heavy atom. The summed E-state index contributed by atoms with van der Waals surface area (Å²) < 4.78 is 0. The summed E-state index contributed by atoms with van der Waals surface area (Å²) in [7, 11) is 0. The lowest BCUT2D eigenvalue weighted by atomic mass is 10.0. The fraction of sp³-hybridized carbons (Fsp3) is 0.640. The molecule has 1 heterocycles. The summed E-state index contributed by atoms with van der Waals surface area (Å²) >= 11 is 0. The predicted molar refractivity (Wildman–Crippen MR) is 123 cm³/mol. The van der Waals surface area contributed by atoms with E-state index in [0.29, 0.717) is 12.1 Å². The number of anilines is 1. The first-order chi connectivity index (χ1) is 14.6. The van der Waals surface area contributed by atoms with Gasteiger partial charge in [0.05, 0.1) is 17.7 Å². The molecule has 30 heavy (non-hydrogen) atoms. The minimum absolute atomic E-state index is 0.0391. The number of hydrazone groups is 1. The van der Waals surface area contributed by atoms with Gasteiger partial charge in [-0.05, 0) is 37.1 Å². The van der Waals surface area contributed by atoms with Crippen LogP contribution in [0.2, 0.25) is 0 Å². The minimum Gasteiger partial charge on any atom is -0.478 e. The van der Waals surface area contributed by atoms with E-state index in [4.69, 9.17) is 5.11 Å². The van der Waals surface area contributed by atoms with Gasteiger partial charge in [-0.1, -0.05) is 84.0 Å². The lowest BCUT2D eigenvalue weighted by Crippen LogP contribution is -2.19. The smallest absolute Gasteiger partial charge is 0.335 e. The number of unbranched alkanes of at least 4 members (excludes halogenated alkanes) is 12. The second-order valence-corrected chi connectivity index (χ2v) is 8.39. The predicted octanol–water partition coefficient (Wildman–Crippen LogP) is 6.96. The topological polar surface area (TPSA) is 70.0 Å². The van der Waals surface area contributed by atoms with E-state index in [2.05, 4.69) is 12.0 Å². The maximum Gasteiger partial charge on any atom is 0.335 e. The van der Waals surface area contributed by atoms with Crippen molar-refractivity contribution in [2.45, 2.75) is 103 Å². The third kappa shape index (κ3) is 8.68. The highest BCUT2D eigenvalue weighted by Crippen LogP contribution is 2.23. The van der Waals surface area contributed by atoms with Crippen molar-refractivity contribution < 1.29 is 14.7 Å². The Bertz CT molecular complexity index is 682. The van der Waals surface area contributed by atoms with Gasteiger partial charge in [0.1, 0.15) is 0 Å². The molecular formula is C25H38N2O3. The minimum atomic E-state index is -0.971. The maximum absolute atomic E-state index is 12.2. The quantitative estimate of drug-likeness (QED) is 0.297. The Morgan fingerprint density at radius 1 is 0.867 bits per heavy atom. The van der Waals surface area contributed by atoms with E-state index in [1.165, 1.54) is 94.2 Å². The van der Waals surface area contributed by atoms with Crippen molar-refractivity contribution in [3.63, 3.8) is 0 Å². The molecule has 0 unspecified atom stereocenters. The van der Waals surface area contributed by atoms with Crippen LogP contribution >= 0.6 is 0 Å². The van der Waals surface area contributed by atoms with Crippen molar-refractivity contribution in [1.82, 2.24) is 0 Å². The first-order valence-electron chi connectivity index (χ1n) is 11.8. The average Bonchev–Trinajstić information content (AvgIpc) is 3.12. The Kier molecular flexibility index (Phi) is 11.2. The summed E-state index contributed by atoms with van der Waals surface area (Å²) in [5.41, 5.74) is 1.78. The number of carbonyl (C=O) groups is 2. The van der Waals surface area contributed by atoms with Crippen LogP contribution in [0, 0.1) is 0 Å². The van der Waals surface area contributed by atoms with Crippen LogP contribution in [0.4, 0.5) is 5.69 Å². The van der Waals surface area contributed by atoms with E-state index in [9.17, 15) is 9.59 Å². The number of hydrogen-bond acceptors (Lipinski definition) is 3. The molecule has 166 valence electrons. The molecule has 0 radical (unpaired) electrons. The molecule has 0 saturated carbocycles. The number of carboxylic acid groups (broad SMARTS) is 1. The molecule has 1 aliphatic rings. The van der Waals surface area contributed by atoms with Gasteiger partial charge >= 0.3 is 5.97 Å². The highest BCUT2D eigenvalue weighted by Gasteiger charge is 2.24. The number of benzene rings is 1. The Labute approximate surface area is 181 Å². The molecule has 0 aromatic heterocycles.